The van der Waals surface area contributed by atoms with Gasteiger partial charge in [0.05, 0.1) is 42.0 Å². The normalized spacial score (nSPS) is 29.0. The Kier molecular flexibility index (Phi) is 9.00. The van der Waals surface area contributed by atoms with Crippen LogP contribution in [0.4, 0.5) is 13.2 Å². The second-order valence-corrected chi connectivity index (χ2v) is 12.0. The minimum absolute atomic E-state index is 0.0211. The van der Waals surface area contributed by atoms with Gasteiger partial charge in [-0.15, -0.1) is 0 Å². The number of aromatic hydroxyl groups is 2. The smallest absolute Gasteiger partial charge is 0.471 e. The third kappa shape index (κ3) is 5.70. The lowest BCUT2D eigenvalue weighted by molar-refractivity contribution is -0.337. The average molecular weight is 707 g/mol. The number of Topliss-reactive ketones (excluding diaryl/α,β-unsaturated/α-hetero) is 1. The zero-order valence-corrected chi connectivity index (χ0v) is 26.5. The molecule has 1 spiro atoms. The van der Waals surface area contributed by atoms with Gasteiger partial charge in [0.2, 0.25) is 5.78 Å². The summed E-state index contributed by atoms with van der Waals surface area (Å²) in [5.41, 5.74) is 5.35. The number of carbonyl (C=O) groups excluding carboxylic acids is 4. The quantitative estimate of drug-likeness (QED) is 0.146. The zero-order chi connectivity index (χ0) is 36.3. The number of amides is 1. The summed E-state index contributed by atoms with van der Waals surface area (Å²) < 4.78 is 73.3. The number of phenolic OH excluding ortho intramolecular Hbond substituents is 2. The molecule has 16 nitrogen and oxygen atoms in total. The van der Waals surface area contributed by atoms with Gasteiger partial charge >= 0.3 is 12.1 Å². The maximum absolute atomic E-state index is 13.9. The van der Waals surface area contributed by atoms with Crippen molar-refractivity contribution in [1.82, 2.24) is 5.32 Å². The van der Waals surface area contributed by atoms with Crippen LogP contribution in [0.15, 0.2) is 23.3 Å². The van der Waals surface area contributed by atoms with Crippen molar-refractivity contribution in [3.05, 3.63) is 62.0 Å². The van der Waals surface area contributed by atoms with Crippen LogP contribution in [0.3, 0.4) is 0 Å². The average Bonchev–Trinajstić information content (AvgIpc) is 3.07. The fourth-order valence-corrected chi connectivity index (χ4v) is 6.95. The lowest BCUT2D eigenvalue weighted by Gasteiger charge is -2.46. The van der Waals surface area contributed by atoms with Crippen LogP contribution in [0.25, 0.3) is 10.4 Å². The van der Waals surface area contributed by atoms with E-state index in [1.807, 2.05) is 0 Å². The molecule has 4 aliphatic rings. The van der Waals surface area contributed by atoms with Gasteiger partial charge in [0.25, 0.3) is 6.48 Å². The Balaban J connectivity index is 1.47. The van der Waals surface area contributed by atoms with Gasteiger partial charge in [0, 0.05) is 54.0 Å². The number of ether oxygens (including phenoxy) is 6. The summed E-state index contributed by atoms with van der Waals surface area (Å²) >= 11 is 0. The first-order valence-corrected chi connectivity index (χ1v) is 15.1. The summed E-state index contributed by atoms with van der Waals surface area (Å²) in [6.45, 7) is -0.525. The molecule has 2 aromatic carbocycles. The molecule has 5 unspecified atom stereocenters. The highest BCUT2D eigenvalue weighted by molar-refractivity contribution is 6.31. The van der Waals surface area contributed by atoms with Gasteiger partial charge in [0.15, 0.2) is 17.9 Å². The number of azide groups is 1. The van der Waals surface area contributed by atoms with E-state index in [1.165, 1.54) is 39.3 Å². The van der Waals surface area contributed by atoms with Gasteiger partial charge in [0.1, 0.15) is 29.5 Å². The Hall–Kier alpha value is -4.78. The van der Waals surface area contributed by atoms with Crippen molar-refractivity contribution in [2.45, 2.75) is 75.0 Å². The van der Waals surface area contributed by atoms with E-state index in [-0.39, 0.29) is 28.0 Å². The highest BCUT2D eigenvalue weighted by Crippen LogP contribution is 2.54. The van der Waals surface area contributed by atoms with Crippen molar-refractivity contribution >= 4 is 23.3 Å². The van der Waals surface area contributed by atoms with Crippen molar-refractivity contribution in [2.24, 2.45) is 5.11 Å². The number of fused-ring (bicyclic) bond motifs is 3. The Morgan fingerprint density at radius 2 is 1.84 bits per heavy atom. The van der Waals surface area contributed by atoms with Crippen LogP contribution in [-0.2, 0) is 39.7 Å². The van der Waals surface area contributed by atoms with Crippen LogP contribution in [-0.4, -0.2) is 97.0 Å². The second kappa shape index (κ2) is 12.8. The highest BCUT2D eigenvalue weighted by Gasteiger charge is 2.55. The first-order chi connectivity index (χ1) is 23.6. The van der Waals surface area contributed by atoms with Crippen molar-refractivity contribution < 1.29 is 71.0 Å². The first kappa shape index (κ1) is 35.1. The molecule has 266 valence electrons. The number of hydrogen-bond acceptors (Lipinski definition) is 13. The Morgan fingerprint density at radius 1 is 1.12 bits per heavy atom. The van der Waals surface area contributed by atoms with Gasteiger partial charge in [-0.3, -0.25) is 19.2 Å². The summed E-state index contributed by atoms with van der Waals surface area (Å²) in [6.07, 6.45) is -10.8. The molecule has 2 aliphatic heterocycles. The second-order valence-electron chi connectivity index (χ2n) is 12.0. The zero-order valence-electron chi connectivity index (χ0n) is 26.5. The van der Waals surface area contributed by atoms with Crippen molar-refractivity contribution in [2.75, 3.05) is 20.8 Å². The topological polar surface area (TPSA) is 225 Å². The third-order valence-corrected chi connectivity index (χ3v) is 9.22. The maximum atomic E-state index is 13.9. The van der Waals surface area contributed by atoms with Crippen LogP contribution in [0.5, 0.6) is 17.2 Å². The standard InChI is InChI=1S/C31H29F3N4O12/c1-11-23(37-38-35)14(36-28(44)31(32,33)34)7-18(48-11)49-16-9-30(17(39)10-47-29(46-3)50-30)8-13-20(16)27(43)22-21(25(13)41)24(40)12-5-4-6-15(45-2)19(12)26(22)42/h4-6,11,14,16,18,23,29,41,43H,7-10H2,1-3H3,(H,36,44)/t11?,14?,16?,18-,23?,29?,30-/m0/s1. The SMILES string of the molecule is COc1cccc2c1C(=O)c1c(O)c3c(c(O)c1C2=O)C[C@@]1(CC3O[C@H]2CC(NC(=O)C(F)(F)F)C(N=[N+]=[N-])C(C)O2)OC(OC)OCC1=O. The number of ketones is 3. The largest absolute Gasteiger partial charge is 0.507 e. The van der Waals surface area contributed by atoms with Crippen LogP contribution in [0, 0.1) is 0 Å². The third-order valence-electron chi connectivity index (χ3n) is 9.22. The van der Waals surface area contributed by atoms with Gasteiger partial charge in [-0.2, -0.15) is 13.2 Å². The van der Waals surface area contributed by atoms with Crippen LogP contribution < -0.4 is 10.1 Å². The molecule has 2 aromatic rings. The Labute approximate surface area is 279 Å². The molecule has 0 radical (unpaired) electrons. The number of nitrogens with zero attached hydrogens (tertiary/aromatic N) is 3. The minimum Gasteiger partial charge on any atom is -0.507 e. The molecular formula is C31H29F3N4O12. The molecule has 7 atom stereocenters. The van der Waals surface area contributed by atoms with Gasteiger partial charge in [-0.25, -0.2) is 0 Å². The Morgan fingerprint density at radius 3 is 2.50 bits per heavy atom. The van der Waals surface area contributed by atoms with E-state index in [9.17, 15) is 42.6 Å². The number of rotatable bonds is 6. The number of nitrogens with one attached hydrogen (secondary N) is 1. The van der Waals surface area contributed by atoms with Gasteiger partial charge < -0.3 is 44.0 Å². The molecule has 2 aliphatic carbocycles. The van der Waals surface area contributed by atoms with E-state index in [4.69, 9.17) is 34.0 Å². The van der Waals surface area contributed by atoms with Crippen molar-refractivity contribution in [3.63, 3.8) is 0 Å². The molecule has 3 N–H and O–H groups in total. The summed E-state index contributed by atoms with van der Waals surface area (Å²) in [5.74, 6) is -6.15. The van der Waals surface area contributed by atoms with Crippen molar-refractivity contribution in [1.29, 1.82) is 0 Å². The number of hydrogen-bond donors (Lipinski definition) is 3. The fraction of sp³-hybridized carbons (Fsp3) is 0.484. The van der Waals surface area contributed by atoms with Crippen LogP contribution in [0.1, 0.15) is 68.8 Å². The summed E-state index contributed by atoms with van der Waals surface area (Å²) in [5, 5.41) is 28.8. The molecule has 6 rings (SSSR count). The molecule has 2 saturated heterocycles. The van der Waals surface area contributed by atoms with E-state index in [0.29, 0.717) is 0 Å². The molecule has 1 amide bonds. The molecule has 2 heterocycles. The minimum atomic E-state index is -5.28. The van der Waals surface area contributed by atoms with Crippen LogP contribution in [0.2, 0.25) is 0 Å². The molecule has 50 heavy (non-hydrogen) atoms. The molecule has 0 bridgehead atoms. The van der Waals surface area contributed by atoms with E-state index < -0.39 is 121 Å². The highest BCUT2D eigenvalue weighted by atomic mass is 19.4. The Bertz CT molecular complexity index is 1850. The maximum Gasteiger partial charge on any atom is 0.471 e. The van der Waals surface area contributed by atoms with Crippen LogP contribution >= 0.6 is 0 Å². The lowest BCUT2D eigenvalue weighted by Crippen LogP contribution is -2.58. The fourth-order valence-electron chi connectivity index (χ4n) is 6.95. The lowest BCUT2D eigenvalue weighted by atomic mass is 9.71. The number of carbonyl (C=O) groups is 4. The first-order valence-electron chi connectivity index (χ1n) is 15.1. The summed E-state index contributed by atoms with van der Waals surface area (Å²) in [4.78, 5) is 55.8. The monoisotopic (exact) mass is 706 g/mol. The molecule has 19 heteroatoms. The predicted molar refractivity (Wildman–Crippen MR) is 157 cm³/mol. The van der Waals surface area contributed by atoms with E-state index >= 15 is 0 Å². The van der Waals surface area contributed by atoms with E-state index in [0.717, 1.165) is 0 Å². The van der Waals surface area contributed by atoms with Gasteiger partial charge in [-0.1, -0.05) is 17.2 Å². The number of alkyl halides is 3. The molecule has 2 fully saturated rings. The number of halogens is 3. The number of phenols is 2. The van der Waals surface area contributed by atoms with E-state index in [2.05, 4.69) is 10.0 Å². The predicted octanol–water partition coefficient (Wildman–Crippen LogP) is 3.03. The summed E-state index contributed by atoms with van der Waals surface area (Å²) in [6, 6.07) is 1.47. The number of benzene rings is 2. The molecule has 0 aromatic heterocycles. The molecule has 0 saturated carbocycles. The van der Waals surface area contributed by atoms with Crippen molar-refractivity contribution in [3.8, 4) is 17.2 Å². The van der Waals surface area contributed by atoms with Gasteiger partial charge in [-0.05, 0) is 18.5 Å². The molecular weight excluding hydrogens is 677 g/mol. The summed E-state index contributed by atoms with van der Waals surface area (Å²) in [7, 11) is 2.51. The van der Waals surface area contributed by atoms with E-state index in [1.54, 1.807) is 5.32 Å². The number of methoxy groups -OCH3 is 2.